The zero-order chi connectivity index (χ0) is 20.0. The number of ether oxygens (including phenoxy) is 1. The highest BCUT2D eigenvalue weighted by Gasteiger charge is 2.73. The number of carbonyl (C=O) groups excluding carboxylic acids is 3. The summed E-state index contributed by atoms with van der Waals surface area (Å²) in [5.41, 5.74) is -0.417. The van der Waals surface area contributed by atoms with Crippen molar-refractivity contribution in [2.45, 2.75) is 68.5 Å². The van der Waals surface area contributed by atoms with Crippen LogP contribution in [0.2, 0.25) is 0 Å². The molecule has 2 bridgehead atoms. The Labute approximate surface area is 164 Å². The summed E-state index contributed by atoms with van der Waals surface area (Å²) < 4.78 is 4.68. The van der Waals surface area contributed by atoms with Gasteiger partial charge in [-0.3, -0.25) is 14.4 Å². The maximum atomic E-state index is 13.3. The lowest BCUT2D eigenvalue weighted by atomic mass is 9.71. The van der Waals surface area contributed by atoms with Gasteiger partial charge in [0.25, 0.3) is 0 Å². The molecule has 7 nitrogen and oxygen atoms in total. The van der Waals surface area contributed by atoms with Gasteiger partial charge in [0.15, 0.2) is 0 Å². The summed E-state index contributed by atoms with van der Waals surface area (Å²) in [7, 11) is 0. The van der Waals surface area contributed by atoms with Gasteiger partial charge < -0.3 is 20.1 Å². The topological polar surface area (TPSA) is 95.9 Å². The normalized spacial score (nSPS) is 34.7. The second-order valence-electron chi connectivity index (χ2n) is 8.66. The van der Waals surface area contributed by atoms with E-state index in [4.69, 9.17) is 4.74 Å². The van der Waals surface area contributed by atoms with Crippen LogP contribution in [0.4, 0.5) is 0 Å². The van der Waals surface area contributed by atoms with Crippen LogP contribution in [0.15, 0.2) is 0 Å². The van der Waals surface area contributed by atoms with Crippen molar-refractivity contribution in [3.8, 4) is 0 Å². The second-order valence-corrected chi connectivity index (χ2v) is 10.3. The first-order valence-corrected chi connectivity index (χ1v) is 10.6. The first-order chi connectivity index (χ1) is 12.7. The third-order valence-corrected chi connectivity index (χ3v) is 7.61. The number of esters is 1. The minimum atomic E-state index is -0.616. The van der Waals surface area contributed by atoms with E-state index >= 15 is 0 Å². The summed E-state index contributed by atoms with van der Waals surface area (Å²) in [5, 5.41) is 12.3. The highest BCUT2D eigenvalue weighted by molar-refractivity contribution is 8.02. The van der Waals surface area contributed by atoms with Crippen molar-refractivity contribution in [2.75, 3.05) is 19.8 Å². The first kappa shape index (κ1) is 20.5. The maximum absolute atomic E-state index is 13.3. The van der Waals surface area contributed by atoms with Crippen molar-refractivity contribution in [3.63, 3.8) is 0 Å². The van der Waals surface area contributed by atoms with Crippen LogP contribution >= 0.6 is 11.8 Å². The minimum absolute atomic E-state index is 0.0305. The van der Waals surface area contributed by atoms with Gasteiger partial charge in [0, 0.05) is 23.9 Å². The predicted octanol–water partition coefficient (Wildman–Crippen LogP) is 0.938. The number of nitrogens with one attached hydrogen (secondary N) is 1. The molecule has 2 amide bonds. The molecule has 3 aliphatic heterocycles. The number of aliphatic hydroxyl groups is 1. The number of thioether (sulfide) groups is 1. The molecule has 152 valence electrons. The molecule has 2 unspecified atom stereocenters. The Hall–Kier alpha value is -1.28. The number of hydrogen-bond acceptors (Lipinski definition) is 6. The van der Waals surface area contributed by atoms with Crippen LogP contribution in [0, 0.1) is 11.8 Å². The number of fused-ring (bicyclic) bond motifs is 1. The number of carbonyl (C=O) groups is 3. The van der Waals surface area contributed by atoms with E-state index in [9.17, 15) is 19.5 Å². The first-order valence-electron chi connectivity index (χ1n) is 9.74. The molecule has 3 heterocycles. The fourth-order valence-electron chi connectivity index (χ4n) is 4.88. The fraction of sp³-hybridized carbons (Fsp3) is 0.842. The number of nitrogens with zero attached hydrogens (tertiary/aromatic N) is 1. The monoisotopic (exact) mass is 398 g/mol. The van der Waals surface area contributed by atoms with Gasteiger partial charge in [-0.25, -0.2) is 0 Å². The third-order valence-electron chi connectivity index (χ3n) is 5.66. The van der Waals surface area contributed by atoms with Gasteiger partial charge in [0.2, 0.25) is 11.8 Å². The highest BCUT2D eigenvalue weighted by atomic mass is 32.2. The van der Waals surface area contributed by atoms with Crippen molar-refractivity contribution in [1.82, 2.24) is 10.2 Å². The molecule has 3 fully saturated rings. The van der Waals surface area contributed by atoms with Crippen LogP contribution in [0.3, 0.4) is 0 Å². The molecule has 3 aliphatic rings. The van der Waals surface area contributed by atoms with Gasteiger partial charge in [0.1, 0.15) is 6.04 Å². The van der Waals surface area contributed by atoms with Crippen LogP contribution in [0.1, 0.15) is 47.0 Å². The summed E-state index contributed by atoms with van der Waals surface area (Å²) in [6, 6.07) is -0.616. The van der Waals surface area contributed by atoms with Gasteiger partial charge in [-0.05, 0) is 47.0 Å². The van der Waals surface area contributed by atoms with Crippen molar-refractivity contribution >= 4 is 29.5 Å². The lowest BCUT2D eigenvalue weighted by molar-refractivity contribution is -0.153. The molecule has 0 aromatic heterocycles. The molecule has 0 aliphatic carbocycles. The molecule has 8 heteroatoms. The number of amides is 2. The van der Waals surface area contributed by atoms with E-state index in [0.29, 0.717) is 13.0 Å². The van der Waals surface area contributed by atoms with Crippen LogP contribution < -0.4 is 5.32 Å². The molecule has 3 saturated heterocycles. The van der Waals surface area contributed by atoms with E-state index in [0.717, 1.165) is 12.8 Å². The zero-order valence-electron chi connectivity index (χ0n) is 16.5. The average molecular weight is 399 g/mol. The van der Waals surface area contributed by atoms with Crippen molar-refractivity contribution in [1.29, 1.82) is 0 Å². The lowest BCUT2D eigenvalue weighted by Gasteiger charge is -2.36. The molecule has 5 atom stereocenters. The zero-order valence-corrected chi connectivity index (χ0v) is 17.3. The van der Waals surface area contributed by atoms with E-state index in [1.165, 1.54) is 0 Å². The van der Waals surface area contributed by atoms with Gasteiger partial charge in [0.05, 0.1) is 23.2 Å². The SMILES string of the molecule is CCOC(=O)[C@@H]1[C@H]2C(=O)N(CCCO)C(C(=O)NC(C)(C)C)C23CC[C@H]1S3. The van der Waals surface area contributed by atoms with Gasteiger partial charge >= 0.3 is 5.97 Å². The quantitative estimate of drug-likeness (QED) is 0.647. The third kappa shape index (κ3) is 3.35. The van der Waals surface area contributed by atoms with E-state index < -0.39 is 28.2 Å². The molecule has 0 saturated carbocycles. The Bertz CT molecular complexity index is 634. The van der Waals surface area contributed by atoms with Crippen LogP contribution in [0.25, 0.3) is 0 Å². The van der Waals surface area contributed by atoms with Crippen molar-refractivity contribution in [3.05, 3.63) is 0 Å². The molecule has 27 heavy (non-hydrogen) atoms. The number of aliphatic hydroxyl groups excluding tert-OH is 1. The number of likely N-dealkylation sites (tertiary alicyclic amines) is 1. The molecule has 1 spiro atoms. The predicted molar refractivity (Wildman–Crippen MR) is 102 cm³/mol. The number of rotatable bonds is 6. The molecular formula is C19H30N2O5S. The maximum Gasteiger partial charge on any atom is 0.310 e. The van der Waals surface area contributed by atoms with Crippen molar-refractivity contribution in [2.24, 2.45) is 11.8 Å². The van der Waals surface area contributed by atoms with E-state index in [1.54, 1.807) is 23.6 Å². The molecule has 0 aromatic carbocycles. The highest BCUT2D eigenvalue weighted by Crippen LogP contribution is 2.66. The van der Waals surface area contributed by atoms with Crippen LogP contribution in [0.5, 0.6) is 0 Å². The average Bonchev–Trinajstić information content (AvgIpc) is 3.19. The van der Waals surface area contributed by atoms with E-state index in [-0.39, 0.29) is 36.2 Å². The second kappa shape index (κ2) is 7.28. The molecule has 3 rings (SSSR count). The fourth-order valence-corrected chi connectivity index (χ4v) is 7.09. The Morgan fingerprint density at radius 3 is 2.70 bits per heavy atom. The molecular weight excluding hydrogens is 368 g/mol. The van der Waals surface area contributed by atoms with E-state index in [1.807, 2.05) is 20.8 Å². The molecule has 2 N–H and O–H groups in total. The summed E-state index contributed by atoms with van der Waals surface area (Å²) >= 11 is 1.63. The summed E-state index contributed by atoms with van der Waals surface area (Å²) in [5.74, 6) is -1.65. The number of hydrogen-bond donors (Lipinski definition) is 2. The van der Waals surface area contributed by atoms with Crippen molar-refractivity contribution < 1.29 is 24.2 Å². The Balaban J connectivity index is 1.97. The van der Waals surface area contributed by atoms with Gasteiger partial charge in [-0.1, -0.05) is 0 Å². The molecule has 0 radical (unpaired) electrons. The van der Waals surface area contributed by atoms with Crippen LogP contribution in [-0.4, -0.2) is 69.1 Å². The molecule has 0 aromatic rings. The Morgan fingerprint density at radius 2 is 2.11 bits per heavy atom. The standard InChI is InChI=1S/C19H30N2O5S/c1-5-26-17(25)12-11-7-8-19(27-11)13(12)16(24)21(9-6-10-22)14(19)15(23)20-18(2,3)4/h11-14,22H,5-10H2,1-4H3,(H,20,23)/t11-,12+,13+,14?,19?/m1/s1. The smallest absolute Gasteiger partial charge is 0.310 e. The van der Waals surface area contributed by atoms with Crippen LogP contribution in [-0.2, 0) is 19.1 Å². The minimum Gasteiger partial charge on any atom is -0.466 e. The Morgan fingerprint density at radius 1 is 1.41 bits per heavy atom. The Kier molecular flexibility index (Phi) is 5.51. The largest absolute Gasteiger partial charge is 0.466 e. The van der Waals surface area contributed by atoms with Gasteiger partial charge in [-0.2, -0.15) is 0 Å². The summed E-state index contributed by atoms with van der Waals surface area (Å²) in [6.45, 7) is 8.05. The summed E-state index contributed by atoms with van der Waals surface area (Å²) in [6.07, 6.45) is 1.96. The summed E-state index contributed by atoms with van der Waals surface area (Å²) in [4.78, 5) is 40.7. The lowest BCUT2D eigenvalue weighted by Crippen LogP contribution is -2.57. The van der Waals surface area contributed by atoms with E-state index in [2.05, 4.69) is 5.32 Å². The van der Waals surface area contributed by atoms with Gasteiger partial charge in [-0.15, -0.1) is 11.8 Å².